The van der Waals surface area contributed by atoms with Crippen LogP contribution in [0.25, 0.3) is 16.8 Å². The van der Waals surface area contributed by atoms with Gasteiger partial charge in [-0.15, -0.1) is 11.3 Å². The summed E-state index contributed by atoms with van der Waals surface area (Å²) in [6.45, 7) is 15.8. The summed E-state index contributed by atoms with van der Waals surface area (Å²) in [5.74, 6) is 1.43. The molecule has 39 heavy (non-hydrogen) atoms. The number of nitrogens with one attached hydrogen (secondary N) is 2. The molecule has 1 aliphatic heterocycles. The van der Waals surface area contributed by atoms with Gasteiger partial charge in [-0.2, -0.15) is 0 Å². The van der Waals surface area contributed by atoms with Crippen LogP contribution >= 0.6 is 22.9 Å². The number of nitrogens with zero attached hydrogens (tertiary/aromatic N) is 4. The van der Waals surface area contributed by atoms with Crippen molar-refractivity contribution in [2.45, 2.75) is 26.8 Å². The molecule has 1 fully saturated rings. The number of hydrogen-bond donors (Lipinski definition) is 3. The van der Waals surface area contributed by atoms with Gasteiger partial charge in [0.25, 0.3) is 0 Å². The largest absolute Gasteiger partial charge is 0.386 e. The Morgan fingerprint density at radius 2 is 2.00 bits per heavy atom. The van der Waals surface area contributed by atoms with Crippen LogP contribution < -0.4 is 11.1 Å². The lowest BCUT2D eigenvalue weighted by Gasteiger charge is -2.38. The van der Waals surface area contributed by atoms with Gasteiger partial charge in [0, 0.05) is 47.9 Å². The Morgan fingerprint density at radius 1 is 1.23 bits per heavy atom. The number of imidazole rings is 1. The number of hydrogen-bond acceptors (Lipinski definition) is 6. The van der Waals surface area contributed by atoms with E-state index < -0.39 is 0 Å². The molecule has 4 heterocycles. The molecule has 0 unspecified atom stereocenters. The number of rotatable bonds is 9. The lowest BCUT2D eigenvalue weighted by molar-refractivity contribution is 0.256. The summed E-state index contributed by atoms with van der Waals surface area (Å²) < 4.78 is 0.730. The molecule has 0 bridgehead atoms. The quantitative estimate of drug-likeness (QED) is 0.157. The average molecular weight is 560 g/mol. The number of H-pyrrole nitrogens is 1. The fraction of sp³-hybridized carbons (Fsp3) is 0.233. The van der Waals surface area contributed by atoms with Gasteiger partial charge in [0.05, 0.1) is 32.8 Å². The molecule has 0 amide bonds. The highest BCUT2D eigenvalue weighted by Gasteiger charge is 2.25. The minimum atomic E-state index is 0.166. The third-order valence-electron chi connectivity index (χ3n) is 6.36. The zero-order valence-corrected chi connectivity index (χ0v) is 24.3. The van der Waals surface area contributed by atoms with Crippen LogP contribution in [-0.2, 0) is 0 Å². The number of thiophene rings is 1. The number of aliphatic imine (C=N–C) groups is 1. The number of pyridine rings is 1. The average Bonchev–Trinajstić information content (AvgIpc) is 3.53. The maximum atomic E-state index is 6.25. The summed E-state index contributed by atoms with van der Waals surface area (Å²) in [7, 11) is 1.86. The Labute approximate surface area is 239 Å². The minimum absolute atomic E-state index is 0.166. The van der Waals surface area contributed by atoms with Gasteiger partial charge in [0.2, 0.25) is 0 Å². The number of aromatic amines is 1. The monoisotopic (exact) mass is 559 g/mol. The van der Waals surface area contributed by atoms with E-state index in [0.29, 0.717) is 17.1 Å². The van der Waals surface area contributed by atoms with Gasteiger partial charge < -0.3 is 20.9 Å². The Bertz CT molecular complexity index is 1500. The van der Waals surface area contributed by atoms with E-state index >= 15 is 0 Å². The molecule has 0 spiro atoms. The molecule has 1 saturated heterocycles. The topological polar surface area (TPSA) is 95.2 Å². The fourth-order valence-electron chi connectivity index (χ4n) is 4.28. The molecule has 0 radical (unpaired) electrons. The number of nitrogens with two attached hydrogens (primary N) is 1. The predicted octanol–water partition coefficient (Wildman–Crippen LogP) is 6.53. The van der Waals surface area contributed by atoms with Crippen LogP contribution in [0.1, 0.15) is 47.3 Å². The van der Waals surface area contributed by atoms with Crippen LogP contribution in [0.2, 0.25) is 4.34 Å². The van der Waals surface area contributed by atoms with Gasteiger partial charge in [0.15, 0.2) is 0 Å². The smallest absolute Gasteiger partial charge is 0.139 e. The molecule has 202 valence electrons. The molecule has 0 saturated carbocycles. The van der Waals surface area contributed by atoms with E-state index in [0.717, 1.165) is 62.2 Å². The molecule has 4 rings (SSSR count). The van der Waals surface area contributed by atoms with E-state index in [9.17, 15) is 0 Å². The summed E-state index contributed by atoms with van der Waals surface area (Å²) in [5, 5.41) is 3.23. The zero-order valence-electron chi connectivity index (χ0n) is 22.8. The first-order valence-corrected chi connectivity index (χ1v) is 13.9. The Balaban J connectivity index is 1.72. The van der Waals surface area contributed by atoms with Crippen LogP contribution in [0.15, 0.2) is 72.8 Å². The summed E-state index contributed by atoms with van der Waals surface area (Å²) in [5.41, 5.74) is 12.4. The number of aromatic nitrogens is 3. The predicted molar refractivity (Wildman–Crippen MR) is 167 cm³/mol. The first-order chi connectivity index (χ1) is 18.8. The van der Waals surface area contributed by atoms with Crippen molar-refractivity contribution >= 4 is 51.3 Å². The number of amidine groups is 1. The Hall–Kier alpha value is -3.72. The fourth-order valence-corrected chi connectivity index (χ4v) is 5.35. The van der Waals surface area contributed by atoms with Crippen LogP contribution in [0.3, 0.4) is 0 Å². The zero-order chi connectivity index (χ0) is 28.1. The first kappa shape index (κ1) is 28.3. The highest BCUT2D eigenvalue weighted by molar-refractivity contribution is 7.17. The number of halogens is 1. The molecular formula is C30H34ClN7S. The SMILES string of the molecule is C=CC(=N/C(=C\C)c1ccc(NC)c(C(=C)c2nc(/C(=C\C=C/C)c3ccc(Cl)s3)c(C)[nH]2)n1)N1CC(N)C1. The van der Waals surface area contributed by atoms with Crippen LogP contribution in [0, 0.1) is 6.92 Å². The van der Waals surface area contributed by atoms with Gasteiger partial charge in [0.1, 0.15) is 11.7 Å². The summed E-state index contributed by atoms with van der Waals surface area (Å²) in [4.78, 5) is 21.4. The summed E-state index contributed by atoms with van der Waals surface area (Å²) in [6, 6.07) is 8.01. The molecule has 7 nitrogen and oxygen atoms in total. The summed E-state index contributed by atoms with van der Waals surface area (Å²) in [6.07, 6.45) is 9.73. The second-order valence-corrected chi connectivity index (χ2v) is 10.8. The van der Waals surface area contributed by atoms with E-state index in [-0.39, 0.29) is 6.04 Å². The molecule has 3 aromatic heterocycles. The Kier molecular flexibility index (Phi) is 9.01. The van der Waals surface area contributed by atoms with Crippen molar-refractivity contribution < 1.29 is 0 Å². The molecule has 0 aromatic carbocycles. The standard InChI is InChI=1S/C30H34ClN7S/c1-7-10-11-21(25-14-15-26(31)39-25)29-19(5)34-30(37-29)18(4)28-24(33-6)13-12-23(36-28)22(8-2)35-27(9-3)38-16-20(32)17-38/h7-15,20,33H,3-4,16-17,32H2,1-2,5-6H3,(H,34,37)/b10-7-,21-11-,22-8-,35-27?. The van der Waals surface area contributed by atoms with E-state index in [1.807, 2.05) is 76.4 Å². The van der Waals surface area contributed by atoms with E-state index in [4.69, 9.17) is 32.3 Å². The van der Waals surface area contributed by atoms with E-state index in [1.54, 1.807) is 6.08 Å². The number of aryl methyl sites for hydroxylation is 1. The van der Waals surface area contributed by atoms with Crippen molar-refractivity contribution in [3.63, 3.8) is 0 Å². The second kappa shape index (κ2) is 12.4. The van der Waals surface area contributed by atoms with Crippen molar-refractivity contribution in [1.29, 1.82) is 0 Å². The van der Waals surface area contributed by atoms with Gasteiger partial charge in [-0.05, 0) is 51.1 Å². The second-order valence-electron chi connectivity index (χ2n) is 9.10. The molecule has 4 N–H and O–H groups in total. The van der Waals surface area contributed by atoms with Gasteiger partial charge in [-0.3, -0.25) is 0 Å². The molecular weight excluding hydrogens is 526 g/mol. The number of allylic oxidation sites excluding steroid dienone is 4. The van der Waals surface area contributed by atoms with Gasteiger partial charge in [-0.1, -0.05) is 49.1 Å². The van der Waals surface area contributed by atoms with E-state index in [1.165, 1.54) is 11.3 Å². The van der Waals surface area contributed by atoms with Crippen molar-refractivity contribution in [2.24, 2.45) is 10.7 Å². The molecule has 0 atom stereocenters. The first-order valence-electron chi connectivity index (χ1n) is 12.7. The van der Waals surface area contributed by atoms with Crippen molar-refractivity contribution in [2.75, 3.05) is 25.5 Å². The minimum Gasteiger partial charge on any atom is -0.386 e. The highest BCUT2D eigenvalue weighted by Crippen LogP contribution is 2.34. The molecule has 3 aromatic rings. The third-order valence-corrected chi connectivity index (χ3v) is 7.62. The summed E-state index contributed by atoms with van der Waals surface area (Å²) >= 11 is 7.77. The van der Waals surface area contributed by atoms with Crippen molar-refractivity contribution in [3.8, 4) is 0 Å². The lowest BCUT2D eigenvalue weighted by atomic mass is 10.1. The molecule has 1 aliphatic rings. The molecule has 0 aliphatic carbocycles. The van der Waals surface area contributed by atoms with Gasteiger partial charge >= 0.3 is 0 Å². The van der Waals surface area contributed by atoms with Gasteiger partial charge in [-0.25, -0.2) is 15.0 Å². The maximum absolute atomic E-state index is 6.25. The van der Waals surface area contributed by atoms with Crippen LogP contribution in [-0.4, -0.2) is 51.9 Å². The maximum Gasteiger partial charge on any atom is 0.139 e. The third kappa shape index (κ3) is 6.14. The van der Waals surface area contributed by atoms with Crippen molar-refractivity contribution in [3.05, 3.63) is 106 Å². The molecule has 9 heteroatoms. The van der Waals surface area contributed by atoms with E-state index in [2.05, 4.69) is 28.4 Å². The number of likely N-dealkylation sites (tertiary alicyclic amines) is 1. The normalized spacial score (nSPS) is 15.1. The van der Waals surface area contributed by atoms with Crippen molar-refractivity contribution in [1.82, 2.24) is 19.9 Å². The highest BCUT2D eigenvalue weighted by atomic mass is 35.5. The number of anilines is 1. The lowest BCUT2D eigenvalue weighted by Crippen LogP contribution is -2.57. The van der Waals surface area contributed by atoms with Crippen LogP contribution in [0.4, 0.5) is 5.69 Å². The Morgan fingerprint density at radius 3 is 2.59 bits per heavy atom. The van der Waals surface area contributed by atoms with Crippen LogP contribution in [0.5, 0.6) is 0 Å².